The molecule has 122 valence electrons. The number of hydrogen-bond donors (Lipinski definition) is 2. The Morgan fingerprint density at radius 2 is 1.14 bits per heavy atom. The third-order valence-electron chi connectivity index (χ3n) is 3.67. The molecule has 0 saturated carbocycles. The molecule has 0 aromatic rings. The number of carbonyl (C=O) groups is 2. The Morgan fingerprint density at radius 1 is 0.762 bits per heavy atom. The molecule has 1 saturated heterocycles. The predicted octanol–water partition coefficient (Wildman–Crippen LogP) is -0.192. The lowest BCUT2D eigenvalue weighted by atomic mass is 10.4. The Hall–Kier alpha value is -1.18. The molecule has 1 aliphatic heterocycles. The van der Waals surface area contributed by atoms with Crippen molar-refractivity contribution in [3.05, 3.63) is 0 Å². The highest BCUT2D eigenvalue weighted by molar-refractivity contribution is 5.75. The smallest absolute Gasteiger partial charge is 0.233 e. The van der Waals surface area contributed by atoms with Crippen LogP contribution in [0.3, 0.4) is 0 Å². The molecule has 0 radical (unpaired) electrons. The van der Waals surface area contributed by atoms with Gasteiger partial charge in [0.2, 0.25) is 11.8 Å². The van der Waals surface area contributed by atoms with E-state index < -0.39 is 0 Å². The average molecular weight is 299 g/mol. The summed E-state index contributed by atoms with van der Waals surface area (Å²) >= 11 is 0. The van der Waals surface area contributed by atoms with Gasteiger partial charge in [0, 0.05) is 52.1 Å². The second-order valence-corrected chi connectivity index (χ2v) is 5.19. The summed E-state index contributed by atoms with van der Waals surface area (Å²) in [5.74, 6) is 0.0582. The molecule has 0 aromatic carbocycles. The Bertz CT molecular complexity index is 307. The molecule has 0 spiro atoms. The molecule has 2 amide bonds. The standard InChI is InChI=1S/C14H29N5O2/c1-4-13(20)15-18-9-7-17(6-3)8-10-19(12-11-18)16-14(21)5-2/h4-12H2,1-3H3,(H,15,20)(H,16,21). The van der Waals surface area contributed by atoms with Crippen LogP contribution in [0.2, 0.25) is 0 Å². The monoisotopic (exact) mass is 299 g/mol. The van der Waals surface area contributed by atoms with Crippen LogP contribution in [0.4, 0.5) is 0 Å². The van der Waals surface area contributed by atoms with E-state index in [9.17, 15) is 9.59 Å². The highest BCUT2D eigenvalue weighted by atomic mass is 16.2. The van der Waals surface area contributed by atoms with Gasteiger partial charge in [0.15, 0.2) is 0 Å². The van der Waals surface area contributed by atoms with Gasteiger partial charge in [0.05, 0.1) is 0 Å². The van der Waals surface area contributed by atoms with Crippen LogP contribution in [-0.2, 0) is 9.59 Å². The number of nitrogens with one attached hydrogen (secondary N) is 2. The number of hydrazine groups is 2. The number of likely N-dealkylation sites (N-methyl/N-ethyl adjacent to an activating group) is 1. The van der Waals surface area contributed by atoms with E-state index in [-0.39, 0.29) is 11.8 Å². The Labute approximate surface area is 127 Å². The van der Waals surface area contributed by atoms with Gasteiger partial charge in [0.25, 0.3) is 0 Å². The second-order valence-electron chi connectivity index (χ2n) is 5.19. The van der Waals surface area contributed by atoms with Crippen LogP contribution < -0.4 is 10.9 Å². The number of nitrogens with zero attached hydrogens (tertiary/aromatic N) is 3. The maximum atomic E-state index is 11.6. The van der Waals surface area contributed by atoms with Crippen LogP contribution in [0.5, 0.6) is 0 Å². The van der Waals surface area contributed by atoms with E-state index in [1.165, 1.54) is 0 Å². The first-order chi connectivity index (χ1) is 10.1. The SMILES string of the molecule is CCC(=O)NN1CCN(CC)CCN(NC(=O)CC)CC1. The summed E-state index contributed by atoms with van der Waals surface area (Å²) in [5, 5.41) is 3.90. The first kappa shape index (κ1) is 17.9. The van der Waals surface area contributed by atoms with Crippen molar-refractivity contribution in [3.63, 3.8) is 0 Å². The largest absolute Gasteiger partial charge is 0.301 e. The van der Waals surface area contributed by atoms with Crippen molar-refractivity contribution in [2.24, 2.45) is 0 Å². The third-order valence-corrected chi connectivity index (χ3v) is 3.67. The molecule has 0 unspecified atom stereocenters. The van der Waals surface area contributed by atoms with Crippen LogP contribution in [0.1, 0.15) is 33.6 Å². The van der Waals surface area contributed by atoms with E-state index in [4.69, 9.17) is 0 Å². The lowest BCUT2D eigenvalue weighted by Gasteiger charge is -2.26. The van der Waals surface area contributed by atoms with E-state index in [0.29, 0.717) is 25.9 Å². The molecular formula is C14H29N5O2. The van der Waals surface area contributed by atoms with Gasteiger partial charge < -0.3 is 4.90 Å². The first-order valence-electron chi connectivity index (χ1n) is 7.90. The minimum Gasteiger partial charge on any atom is -0.301 e. The highest BCUT2D eigenvalue weighted by Crippen LogP contribution is 1.98. The fraction of sp³-hybridized carbons (Fsp3) is 0.857. The average Bonchev–Trinajstić information content (AvgIpc) is 2.59. The van der Waals surface area contributed by atoms with Crippen molar-refractivity contribution in [1.82, 2.24) is 25.8 Å². The van der Waals surface area contributed by atoms with E-state index in [1.807, 2.05) is 23.9 Å². The molecule has 0 aliphatic carbocycles. The van der Waals surface area contributed by atoms with Gasteiger partial charge in [-0.05, 0) is 6.54 Å². The molecular weight excluding hydrogens is 270 g/mol. The van der Waals surface area contributed by atoms with Gasteiger partial charge in [-0.25, -0.2) is 10.0 Å². The summed E-state index contributed by atoms with van der Waals surface area (Å²) in [6.07, 6.45) is 0.953. The van der Waals surface area contributed by atoms with E-state index in [1.54, 1.807) is 0 Å². The summed E-state index contributed by atoms with van der Waals surface area (Å²) in [6, 6.07) is 0. The number of amides is 2. The highest BCUT2D eigenvalue weighted by Gasteiger charge is 2.17. The molecule has 1 fully saturated rings. The normalized spacial score (nSPS) is 19.4. The fourth-order valence-electron chi connectivity index (χ4n) is 2.15. The van der Waals surface area contributed by atoms with E-state index in [2.05, 4.69) is 22.7 Å². The zero-order chi connectivity index (χ0) is 15.7. The molecule has 1 heterocycles. The summed E-state index contributed by atoms with van der Waals surface area (Å²) in [7, 11) is 0. The number of hydrogen-bond acceptors (Lipinski definition) is 5. The van der Waals surface area contributed by atoms with Crippen molar-refractivity contribution in [2.45, 2.75) is 33.6 Å². The summed E-state index contributed by atoms with van der Waals surface area (Å²) in [6.45, 7) is 11.6. The van der Waals surface area contributed by atoms with Crippen molar-refractivity contribution in [2.75, 3.05) is 45.8 Å². The van der Waals surface area contributed by atoms with Crippen LogP contribution in [0.25, 0.3) is 0 Å². The molecule has 1 rings (SSSR count). The molecule has 0 bridgehead atoms. The molecule has 7 heteroatoms. The van der Waals surface area contributed by atoms with Crippen molar-refractivity contribution in [3.8, 4) is 0 Å². The van der Waals surface area contributed by atoms with Crippen LogP contribution in [0, 0.1) is 0 Å². The van der Waals surface area contributed by atoms with Gasteiger partial charge in [-0.3, -0.25) is 20.4 Å². The van der Waals surface area contributed by atoms with Crippen LogP contribution in [-0.4, -0.2) is 72.5 Å². The maximum Gasteiger partial charge on any atom is 0.233 e. The minimum atomic E-state index is 0.0291. The van der Waals surface area contributed by atoms with Gasteiger partial charge in [-0.1, -0.05) is 20.8 Å². The summed E-state index contributed by atoms with van der Waals surface area (Å²) < 4.78 is 0. The van der Waals surface area contributed by atoms with E-state index >= 15 is 0 Å². The lowest BCUT2D eigenvalue weighted by molar-refractivity contribution is -0.127. The summed E-state index contributed by atoms with van der Waals surface area (Å²) in [4.78, 5) is 25.5. The van der Waals surface area contributed by atoms with Crippen LogP contribution in [0.15, 0.2) is 0 Å². The lowest BCUT2D eigenvalue weighted by Crippen LogP contribution is -2.50. The molecule has 21 heavy (non-hydrogen) atoms. The molecule has 1 aliphatic rings. The van der Waals surface area contributed by atoms with Crippen molar-refractivity contribution < 1.29 is 9.59 Å². The molecule has 7 nitrogen and oxygen atoms in total. The van der Waals surface area contributed by atoms with Crippen molar-refractivity contribution in [1.29, 1.82) is 0 Å². The predicted molar refractivity (Wildman–Crippen MR) is 82.1 cm³/mol. The van der Waals surface area contributed by atoms with Crippen molar-refractivity contribution >= 4 is 11.8 Å². The zero-order valence-corrected chi connectivity index (χ0v) is 13.5. The fourth-order valence-corrected chi connectivity index (χ4v) is 2.15. The third kappa shape index (κ3) is 6.88. The number of rotatable bonds is 5. The van der Waals surface area contributed by atoms with Crippen LogP contribution >= 0.6 is 0 Å². The zero-order valence-electron chi connectivity index (χ0n) is 13.5. The molecule has 0 atom stereocenters. The van der Waals surface area contributed by atoms with E-state index in [0.717, 1.165) is 32.7 Å². The second kappa shape index (κ2) is 9.70. The van der Waals surface area contributed by atoms with Gasteiger partial charge in [-0.2, -0.15) is 0 Å². The van der Waals surface area contributed by atoms with Gasteiger partial charge in [0.1, 0.15) is 0 Å². The quantitative estimate of drug-likeness (QED) is 0.736. The summed E-state index contributed by atoms with van der Waals surface area (Å²) in [5.41, 5.74) is 5.85. The topological polar surface area (TPSA) is 67.9 Å². The Kier molecular flexibility index (Phi) is 8.26. The number of carbonyl (C=O) groups excluding carboxylic acids is 2. The van der Waals surface area contributed by atoms with Gasteiger partial charge in [-0.15, -0.1) is 0 Å². The minimum absolute atomic E-state index is 0.0291. The first-order valence-corrected chi connectivity index (χ1v) is 7.90. The Balaban J connectivity index is 2.62. The van der Waals surface area contributed by atoms with Gasteiger partial charge >= 0.3 is 0 Å². The molecule has 0 aromatic heterocycles. The maximum absolute atomic E-state index is 11.6. The molecule has 2 N–H and O–H groups in total. The Morgan fingerprint density at radius 3 is 1.48 bits per heavy atom.